The van der Waals surface area contributed by atoms with E-state index in [1.54, 1.807) is 0 Å². The minimum Gasteiger partial charge on any atom is -0.493 e. The second-order valence-corrected chi connectivity index (χ2v) is 6.06. The Morgan fingerprint density at radius 2 is 2.05 bits per heavy atom. The van der Waals surface area contributed by atoms with Gasteiger partial charge in [0, 0.05) is 36.8 Å². The molecule has 0 spiro atoms. The number of nitrogens with zero attached hydrogens (tertiary/aromatic N) is 1. The summed E-state index contributed by atoms with van der Waals surface area (Å²) in [6, 6.07) is 14.7. The van der Waals surface area contributed by atoms with Crippen molar-refractivity contribution in [2.24, 2.45) is 0 Å². The van der Waals surface area contributed by atoms with Crippen molar-refractivity contribution in [3.05, 3.63) is 59.2 Å². The second kappa shape index (κ2) is 5.08. The van der Waals surface area contributed by atoms with Gasteiger partial charge in [-0.1, -0.05) is 24.3 Å². The second-order valence-electron chi connectivity index (χ2n) is 6.06. The zero-order valence-electron chi connectivity index (χ0n) is 12.1. The number of hydrogen-bond donors (Lipinski definition) is 1. The van der Waals surface area contributed by atoms with Gasteiger partial charge in [-0.15, -0.1) is 0 Å². The highest BCUT2D eigenvalue weighted by Crippen LogP contribution is 2.34. The van der Waals surface area contributed by atoms with Gasteiger partial charge >= 0.3 is 0 Å². The number of hydrogen-bond acceptors (Lipinski definition) is 3. The van der Waals surface area contributed by atoms with Gasteiger partial charge in [-0.05, 0) is 35.7 Å². The fraction of sp³-hybridized carbons (Fsp3) is 0.333. The summed E-state index contributed by atoms with van der Waals surface area (Å²) in [5.74, 6) is 1.55. The summed E-state index contributed by atoms with van der Waals surface area (Å²) < 4.78 is 5.79. The standard InChI is InChI=1S/C18H20N2O/c19-16-6-5-13-7-8-20(10-14(13)9-16)11-15-12-21-18-4-2-1-3-17(15)18/h1-6,9,15H,7-8,10-12,19H2. The smallest absolute Gasteiger partial charge is 0.122 e. The minimum absolute atomic E-state index is 0.490. The lowest BCUT2D eigenvalue weighted by molar-refractivity contribution is 0.218. The number of fused-ring (bicyclic) bond motifs is 2. The third kappa shape index (κ3) is 2.38. The molecule has 2 aromatic carbocycles. The molecule has 2 aliphatic rings. The molecule has 2 aliphatic heterocycles. The Morgan fingerprint density at radius 3 is 3.00 bits per heavy atom. The highest BCUT2D eigenvalue weighted by molar-refractivity contribution is 5.45. The van der Waals surface area contributed by atoms with E-state index in [2.05, 4.69) is 35.2 Å². The predicted molar refractivity (Wildman–Crippen MR) is 84.5 cm³/mol. The SMILES string of the molecule is Nc1ccc2c(c1)CN(CC1COc3ccccc31)CC2. The van der Waals surface area contributed by atoms with E-state index in [1.165, 1.54) is 16.7 Å². The van der Waals surface area contributed by atoms with E-state index in [-0.39, 0.29) is 0 Å². The van der Waals surface area contributed by atoms with Gasteiger partial charge in [-0.3, -0.25) is 4.90 Å². The van der Waals surface area contributed by atoms with Gasteiger partial charge in [-0.2, -0.15) is 0 Å². The molecule has 3 heteroatoms. The summed E-state index contributed by atoms with van der Waals surface area (Å²) in [7, 11) is 0. The lowest BCUT2D eigenvalue weighted by atomic mass is 9.96. The van der Waals surface area contributed by atoms with E-state index in [9.17, 15) is 0 Å². The third-order valence-corrected chi connectivity index (χ3v) is 4.60. The highest BCUT2D eigenvalue weighted by Gasteiger charge is 2.27. The van der Waals surface area contributed by atoms with E-state index >= 15 is 0 Å². The number of rotatable bonds is 2. The number of para-hydroxylation sites is 1. The van der Waals surface area contributed by atoms with Crippen LogP contribution in [0.3, 0.4) is 0 Å². The van der Waals surface area contributed by atoms with E-state index in [0.717, 1.165) is 44.1 Å². The summed E-state index contributed by atoms with van der Waals surface area (Å²) in [4.78, 5) is 2.53. The van der Waals surface area contributed by atoms with Crippen molar-refractivity contribution < 1.29 is 4.74 Å². The molecule has 4 rings (SSSR count). The maximum absolute atomic E-state index is 5.92. The molecule has 0 aliphatic carbocycles. The normalized spacial score (nSPS) is 20.7. The Balaban J connectivity index is 1.50. The van der Waals surface area contributed by atoms with E-state index < -0.39 is 0 Å². The van der Waals surface area contributed by atoms with Crippen LogP contribution in [0.4, 0.5) is 5.69 Å². The van der Waals surface area contributed by atoms with Crippen molar-refractivity contribution in [1.82, 2.24) is 4.90 Å². The highest BCUT2D eigenvalue weighted by atomic mass is 16.5. The summed E-state index contributed by atoms with van der Waals surface area (Å²) in [6.07, 6.45) is 1.12. The molecule has 108 valence electrons. The van der Waals surface area contributed by atoms with Crippen LogP contribution in [0.5, 0.6) is 5.75 Å². The third-order valence-electron chi connectivity index (χ3n) is 4.60. The van der Waals surface area contributed by atoms with Crippen LogP contribution in [0.25, 0.3) is 0 Å². The van der Waals surface area contributed by atoms with Crippen LogP contribution in [0, 0.1) is 0 Å². The largest absolute Gasteiger partial charge is 0.493 e. The monoisotopic (exact) mass is 280 g/mol. The van der Waals surface area contributed by atoms with Crippen LogP contribution < -0.4 is 10.5 Å². The molecule has 0 fully saturated rings. The van der Waals surface area contributed by atoms with Crippen molar-refractivity contribution in [2.75, 3.05) is 25.4 Å². The van der Waals surface area contributed by atoms with Gasteiger partial charge in [0.25, 0.3) is 0 Å². The summed E-state index contributed by atoms with van der Waals surface area (Å²) in [6.45, 7) is 3.99. The van der Waals surface area contributed by atoms with Crippen LogP contribution in [0.1, 0.15) is 22.6 Å². The van der Waals surface area contributed by atoms with Crippen molar-refractivity contribution in [3.8, 4) is 5.75 Å². The molecule has 0 radical (unpaired) electrons. The van der Waals surface area contributed by atoms with Gasteiger partial charge in [0.1, 0.15) is 5.75 Å². The van der Waals surface area contributed by atoms with Crippen LogP contribution in [0.15, 0.2) is 42.5 Å². The van der Waals surface area contributed by atoms with Crippen molar-refractivity contribution in [3.63, 3.8) is 0 Å². The van der Waals surface area contributed by atoms with Gasteiger partial charge in [0.2, 0.25) is 0 Å². The quantitative estimate of drug-likeness (QED) is 0.860. The molecule has 3 nitrogen and oxygen atoms in total. The predicted octanol–water partition coefficient (Wildman–Crippen LogP) is 2.80. The summed E-state index contributed by atoms with van der Waals surface area (Å²) >= 11 is 0. The first kappa shape index (κ1) is 12.7. The molecule has 0 saturated carbocycles. The lowest BCUT2D eigenvalue weighted by Gasteiger charge is -2.30. The first-order valence-corrected chi connectivity index (χ1v) is 7.61. The van der Waals surface area contributed by atoms with E-state index in [4.69, 9.17) is 10.5 Å². The van der Waals surface area contributed by atoms with Crippen molar-refractivity contribution >= 4 is 5.69 Å². The molecular weight excluding hydrogens is 260 g/mol. The molecule has 0 amide bonds. The van der Waals surface area contributed by atoms with Gasteiger partial charge in [-0.25, -0.2) is 0 Å². The molecule has 1 unspecified atom stereocenters. The van der Waals surface area contributed by atoms with Gasteiger partial charge < -0.3 is 10.5 Å². The zero-order valence-corrected chi connectivity index (χ0v) is 12.1. The Morgan fingerprint density at radius 1 is 1.14 bits per heavy atom. The fourth-order valence-electron chi connectivity index (χ4n) is 3.48. The number of anilines is 1. The molecule has 0 saturated heterocycles. The first-order valence-electron chi connectivity index (χ1n) is 7.61. The summed E-state index contributed by atoms with van der Waals surface area (Å²) in [5, 5.41) is 0. The molecule has 2 N–H and O–H groups in total. The van der Waals surface area contributed by atoms with Crippen LogP contribution in [-0.2, 0) is 13.0 Å². The number of benzene rings is 2. The maximum atomic E-state index is 5.92. The average Bonchev–Trinajstić information content (AvgIpc) is 2.90. The van der Waals surface area contributed by atoms with E-state index in [0.29, 0.717) is 5.92 Å². The number of nitrogens with two attached hydrogens (primary N) is 1. The molecule has 0 bridgehead atoms. The maximum Gasteiger partial charge on any atom is 0.122 e. The topological polar surface area (TPSA) is 38.5 Å². The Labute approximate surface area is 125 Å². The van der Waals surface area contributed by atoms with Gasteiger partial charge in [0.15, 0.2) is 0 Å². The van der Waals surface area contributed by atoms with Crippen molar-refractivity contribution in [2.45, 2.75) is 18.9 Å². The Hall–Kier alpha value is -2.00. The number of ether oxygens (including phenoxy) is 1. The van der Waals surface area contributed by atoms with Crippen LogP contribution >= 0.6 is 0 Å². The zero-order chi connectivity index (χ0) is 14.2. The Kier molecular flexibility index (Phi) is 3.08. The lowest BCUT2D eigenvalue weighted by Crippen LogP contribution is -2.34. The molecule has 2 aromatic rings. The van der Waals surface area contributed by atoms with Crippen LogP contribution in [0.2, 0.25) is 0 Å². The Bertz CT molecular complexity index is 668. The molecular formula is C18H20N2O. The first-order chi connectivity index (χ1) is 10.3. The average molecular weight is 280 g/mol. The molecule has 1 atom stereocenters. The number of nitrogen functional groups attached to an aromatic ring is 1. The molecule has 2 heterocycles. The molecule has 0 aromatic heterocycles. The van der Waals surface area contributed by atoms with Gasteiger partial charge in [0.05, 0.1) is 6.61 Å². The van der Waals surface area contributed by atoms with E-state index in [1.807, 2.05) is 12.1 Å². The molecule has 21 heavy (non-hydrogen) atoms. The summed E-state index contributed by atoms with van der Waals surface area (Å²) in [5.41, 5.74) is 11.0. The van der Waals surface area contributed by atoms with Crippen LogP contribution in [-0.4, -0.2) is 24.6 Å². The minimum atomic E-state index is 0.490. The van der Waals surface area contributed by atoms with Crippen molar-refractivity contribution in [1.29, 1.82) is 0 Å². The fourth-order valence-corrected chi connectivity index (χ4v) is 3.48.